The molecule has 0 aliphatic heterocycles. The van der Waals surface area contributed by atoms with E-state index in [0.717, 1.165) is 25.9 Å². The zero-order valence-electron chi connectivity index (χ0n) is 12.1. The van der Waals surface area contributed by atoms with Crippen molar-refractivity contribution in [1.82, 2.24) is 5.32 Å². The predicted molar refractivity (Wildman–Crippen MR) is 83.5 cm³/mol. The molecule has 0 aliphatic carbocycles. The second-order valence-electron chi connectivity index (χ2n) is 4.51. The van der Waals surface area contributed by atoms with Crippen LogP contribution in [-0.2, 0) is 4.74 Å². The Bertz CT molecular complexity index is 500. The molecule has 114 valence electrons. The lowest BCUT2D eigenvalue weighted by molar-refractivity contribution is 0.129. The van der Waals surface area contributed by atoms with Crippen molar-refractivity contribution in [2.75, 3.05) is 25.1 Å². The van der Waals surface area contributed by atoms with Crippen LogP contribution in [-0.4, -0.2) is 25.8 Å². The number of urea groups is 1. The molecule has 21 heavy (non-hydrogen) atoms. The van der Waals surface area contributed by atoms with Crippen molar-refractivity contribution in [2.24, 2.45) is 0 Å². The van der Waals surface area contributed by atoms with E-state index in [1.165, 1.54) is 0 Å². The van der Waals surface area contributed by atoms with Gasteiger partial charge >= 0.3 is 6.03 Å². The van der Waals surface area contributed by atoms with Gasteiger partial charge < -0.3 is 15.4 Å². The number of nitriles is 1. The molecule has 1 aromatic carbocycles. The Morgan fingerprint density at radius 2 is 2.14 bits per heavy atom. The third-order valence-electron chi connectivity index (χ3n) is 2.74. The van der Waals surface area contributed by atoms with E-state index in [1.54, 1.807) is 18.2 Å². The van der Waals surface area contributed by atoms with E-state index in [2.05, 4.69) is 17.6 Å². The summed E-state index contributed by atoms with van der Waals surface area (Å²) in [5.74, 6) is 0. The normalized spacial score (nSPS) is 9.95. The standard InChI is InChI=1S/C15H20ClN3O2/c1-2-3-8-21-9-4-7-18-15(20)19-13-6-5-12(11-17)14(16)10-13/h5-6,10H,2-4,7-9H2,1H3,(H2,18,19,20). The van der Waals surface area contributed by atoms with Gasteiger partial charge in [0.25, 0.3) is 0 Å². The third-order valence-corrected chi connectivity index (χ3v) is 3.05. The first-order chi connectivity index (χ1) is 10.2. The van der Waals surface area contributed by atoms with E-state index in [1.807, 2.05) is 6.07 Å². The molecule has 0 aromatic heterocycles. The minimum absolute atomic E-state index is 0.302. The summed E-state index contributed by atoms with van der Waals surface area (Å²) in [6.07, 6.45) is 2.95. The van der Waals surface area contributed by atoms with Gasteiger partial charge in [-0.05, 0) is 31.0 Å². The van der Waals surface area contributed by atoms with Crippen LogP contribution < -0.4 is 10.6 Å². The highest BCUT2D eigenvalue weighted by Gasteiger charge is 2.04. The molecule has 0 spiro atoms. The van der Waals surface area contributed by atoms with E-state index in [-0.39, 0.29) is 6.03 Å². The largest absolute Gasteiger partial charge is 0.381 e. The molecule has 1 aromatic rings. The Labute approximate surface area is 130 Å². The average Bonchev–Trinajstić information content (AvgIpc) is 2.46. The summed E-state index contributed by atoms with van der Waals surface area (Å²) in [7, 11) is 0. The molecule has 0 heterocycles. The van der Waals surface area contributed by atoms with Crippen molar-refractivity contribution in [3.8, 4) is 6.07 Å². The summed E-state index contributed by atoms with van der Waals surface area (Å²) in [5.41, 5.74) is 0.933. The van der Waals surface area contributed by atoms with Crippen LogP contribution in [0.1, 0.15) is 31.7 Å². The number of carbonyl (C=O) groups excluding carboxylic acids is 1. The van der Waals surface area contributed by atoms with E-state index in [9.17, 15) is 4.79 Å². The molecule has 2 amide bonds. The highest BCUT2D eigenvalue weighted by molar-refractivity contribution is 6.32. The van der Waals surface area contributed by atoms with Crippen LogP contribution in [0.4, 0.5) is 10.5 Å². The highest BCUT2D eigenvalue weighted by atomic mass is 35.5. The Kier molecular flexibility index (Phi) is 8.25. The second kappa shape index (κ2) is 10.0. The number of nitrogens with one attached hydrogen (secondary N) is 2. The SMILES string of the molecule is CCCCOCCCNC(=O)Nc1ccc(C#N)c(Cl)c1. The molecular weight excluding hydrogens is 290 g/mol. The molecule has 0 radical (unpaired) electrons. The Morgan fingerprint density at radius 1 is 1.38 bits per heavy atom. The fourth-order valence-corrected chi connectivity index (χ4v) is 1.81. The second-order valence-corrected chi connectivity index (χ2v) is 4.91. The van der Waals surface area contributed by atoms with Crippen molar-refractivity contribution < 1.29 is 9.53 Å². The summed E-state index contributed by atoms with van der Waals surface area (Å²) in [4.78, 5) is 11.6. The predicted octanol–water partition coefficient (Wildman–Crippen LogP) is 3.54. The van der Waals surface area contributed by atoms with Gasteiger partial charge in [-0.3, -0.25) is 0 Å². The number of amides is 2. The Hall–Kier alpha value is -1.77. The number of nitrogens with zero attached hydrogens (tertiary/aromatic N) is 1. The molecule has 0 fully saturated rings. The van der Waals surface area contributed by atoms with Crippen molar-refractivity contribution >= 4 is 23.3 Å². The van der Waals surface area contributed by atoms with Crippen LogP contribution in [0.2, 0.25) is 5.02 Å². The summed E-state index contributed by atoms with van der Waals surface area (Å²) in [6, 6.07) is 6.42. The van der Waals surface area contributed by atoms with Gasteiger partial charge in [-0.1, -0.05) is 24.9 Å². The number of unbranched alkanes of at least 4 members (excludes halogenated alkanes) is 1. The summed E-state index contributed by atoms with van der Waals surface area (Å²) in [5, 5.41) is 14.5. The maximum Gasteiger partial charge on any atom is 0.319 e. The number of carbonyl (C=O) groups is 1. The van der Waals surface area contributed by atoms with Crippen molar-refractivity contribution in [3.05, 3.63) is 28.8 Å². The van der Waals surface area contributed by atoms with E-state index in [0.29, 0.717) is 29.4 Å². The lowest BCUT2D eigenvalue weighted by Crippen LogP contribution is -2.30. The van der Waals surface area contributed by atoms with Gasteiger partial charge in [-0.15, -0.1) is 0 Å². The van der Waals surface area contributed by atoms with Crippen LogP contribution in [0.15, 0.2) is 18.2 Å². The minimum Gasteiger partial charge on any atom is -0.381 e. The molecule has 0 saturated carbocycles. The molecule has 5 nitrogen and oxygen atoms in total. The summed E-state index contributed by atoms with van der Waals surface area (Å²) >= 11 is 5.89. The lowest BCUT2D eigenvalue weighted by atomic mass is 10.2. The lowest BCUT2D eigenvalue weighted by Gasteiger charge is -2.08. The fraction of sp³-hybridized carbons (Fsp3) is 0.467. The van der Waals surface area contributed by atoms with Gasteiger partial charge in [-0.2, -0.15) is 5.26 Å². The zero-order chi connectivity index (χ0) is 15.5. The topological polar surface area (TPSA) is 74.2 Å². The first-order valence-corrected chi connectivity index (χ1v) is 7.37. The van der Waals surface area contributed by atoms with Crippen molar-refractivity contribution in [2.45, 2.75) is 26.2 Å². The van der Waals surface area contributed by atoms with Crippen molar-refractivity contribution in [3.63, 3.8) is 0 Å². The Morgan fingerprint density at radius 3 is 2.81 bits per heavy atom. The molecule has 0 unspecified atom stereocenters. The van der Waals surface area contributed by atoms with Crippen LogP contribution in [0.3, 0.4) is 0 Å². The van der Waals surface area contributed by atoms with Gasteiger partial charge in [0, 0.05) is 25.4 Å². The minimum atomic E-state index is -0.302. The quantitative estimate of drug-likeness (QED) is 0.721. The zero-order valence-corrected chi connectivity index (χ0v) is 12.9. The average molecular weight is 310 g/mol. The van der Waals surface area contributed by atoms with Crippen LogP contribution in [0, 0.1) is 11.3 Å². The fourth-order valence-electron chi connectivity index (χ4n) is 1.58. The van der Waals surface area contributed by atoms with Gasteiger partial charge in [0.1, 0.15) is 6.07 Å². The number of ether oxygens (including phenoxy) is 1. The molecule has 6 heteroatoms. The maximum atomic E-state index is 11.6. The third kappa shape index (κ3) is 6.98. The van der Waals surface area contributed by atoms with Gasteiger partial charge in [0.15, 0.2) is 0 Å². The van der Waals surface area contributed by atoms with Crippen LogP contribution >= 0.6 is 11.6 Å². The molecular formula is C15H20ClN3O2. The van der Waals surface area contributed by atoms with Crippen LogP contribution in [0.25, 0.3) is 0 Å². The summed E-state index contributed by atoms with van der Waals surface area (Å²) in [6.45, 7) is 4.07. The monoisotopic (exact) mass is 309 g/mol. The first-order valence-electron chi connectivity index (χ1n) is 6.99. The molecule has 0 saturated heterocycles. The van der Waals surface area contributed by atoms with E-state index >= 15 is 0 Å². The molecule has 0 bridgehead atoms. The van der Waals surface area contributed by atoms with E-state index < -0.39 is 0 Å². The number of benzene rings is 1. The highest BCUT2D eigenvalue weighted by Crippen LogP contribution is 2.19. The number of hydrogen-bond acceptors (Lipinski definition) is 3. The number of anilines is 1. The number of rotatable bonds is 8. The summed E-state index contributed by atoms with van der Waals surface area (Å²) < 4.78 is 5.40. The van der Waals surface area contributed by atoms with Gasteiger partial charge in [0.05, 0.1) is 10.6 Å². The first kappa shape index (κ1) is 17.3. The smallest absolute Gasteiger partial charge is 0.319 e. The maximum absolute atomic E-state index is 11.6. The number of hydrogen-bond donors (Lipinski definition) is 2. The van der Waals surface area contributed by atoms with E-state index in [4.69, 9.17) is 21.6 Å². The van der Waals surface area contributed by atoms with Gasteiger partial charge in [-0.25, -0.2) is 4.79 Å². The molecule has 0 aliphatic rings. The van der Waals surface area contributed by atoms with Crippen LogP contribution in [0.5, 0.6) is 0 Å². The number of halogens is 1. The molecule has 0 atom stereocenters. The Balaban J connectivity index is 2.22. The molecule has 2 N–H and O–H groups in total. The van der Waals surface area contributed by atoms with Crippen molar-refractivity contribution in [1.29, 1.82) is 5.26 Å². The van der Waals surface area contributed by atoms with Gasteiger partial charge in [0.2, 0.25) is 0 Å². The molecule has 1 rings (SSSR count).